The Kier molecular flexibility index (Phi) is 3.90. The standard InChI is InChI=1S/C6H13O5P/c1-4(3-6(8)9)12(10,11)5(2)7/h4-5,7H,3H2,1-2H3,(H,8,9)(H,10,11). The van der Waals surface area contributed by atoms with Gasteiger partial charge in [-0.3, -0.25) is 9.36 Å². The molecular weight excluding hydrogens is 183 g/mol. The van der Waals surface area contributed by atoms with Crippen LogP contribution in [0.4, 0.5) is 0 Å². The van der Waals surface area contributed by atoms with Gasteiger partial charge in [0.25, 0.3) is 0 Å². The average molecular weight is 196 g/mol. The van der Waals surface area contributed by atoms with E-state index in [1.807, 2.05) is 0 Å². The van der Waals surface area contributed by atoms with Gasteiger partial charge in [0.1, 0.15) is 5.85 Å². The van der Waals surface area contributed by atoms with E-state index in [9.17, 15) is 9.36 Å². The van der Waals surface area contributed by atoms with Crippen LogP contribution in [0.2, 0.25) is 0 Å². The molecule has 0 aliphatic rings. The van der Waals surface area contributed by atoms with Crippen LogP contribution in [0, 0.1) is 0 Å². The summed E-state index contributed by atoms with van der Waals surface area (Å²) in [5.41, 5.74) is -0.907. The third-order valence-corrected chi connectivity index (χ3v) is 4.15. The molecule has 0 aliphatic carbocycles. The molecule has 6 heteroatoms. The first-order chi connectivity index (χ1) is 5.28. The van der Waals surface area contributed by atoms with Crippen molar-refractivity contribution in [1.82, 2.24) is 0 Å². The molecule has 0 bridgehead atoms. The van der Waals surface area contributed by atoms with Gasteiger partial charge in [0, 0.05) is 5.66 Å². The number of aliphatic hydroxyl groups is 1. The van der Waals surface area contributed by atoms with Crippen molar-refractivity contribution in [3.05, 3.63) is 0 Å². The van der Waals surface area contributed by atoms with Gasteiger partial charge in [-0.05, 0) is 6.92 Å². The van der Waals surface area contributed by atoms with Gasteiger partial charge in [0.2, 0.25) is 7.37 Å². The molecule has 3 N–H and O–H groups in total. The molecule has 0 fully saturated rings. The highest BCUT2D eigenvalue weighted by atomic mass is 31.2. The highest BCUT2D eigenvalue weighted by molar-refractivity contribution is 7.59. The summed E-state index contributed by atoms with van der Waals surface area (Å²) in [5, 5.41) is 17.2. The Morgan fingerprint density at radius 1 is 1.50 bits per heavy atom. The van der Waals surface area contributed by atoms with Gasteiger partial charge in [-0.2, -0.15) is 0 Å². The number of aliphatic carboxylic acids is 1. The molecule has 3 atom stereocenters. The van der Waals surface area contributed by atoms with Gasteiger partial charge in [-0.1, -0.05) is 6.92 Å². The minimum absolute atomic E-state index is 0.404. The maximum Gasteiger partial charge on any atom is 0.304 e. The summed E-state index contributed by atoms with van der Waals surface area (Å²) in [4.78, 5) is 19.3. The van der Waals surface area contributed by atoms with Crippen molar-refractivity contribution < 1.29 is 24.5 Å². The predicted molar refractivity (Wildman–Crippen MR) is 43.2 cm³/mol. The van der Waals surface area contributed by atoms with E-state index in [4.69, 9.17) is 15.1 Å². The highest BCUT2D eigenvalue weighted by Gasteiger charge is 2.33. The SMILES string of the molecule is CC(O)P(=O)(O)C(C)CC(=O)O. The van der Waals surface area contributed by atoms with Crippen LogP contribution in [-0.2, 0) is 9.36 Å². The van der Waals surface area contributed by atoms with Gasteiger partial charge in [0.15, 0.2) is 0 Å². The lowest BCUT2D eigenvalue weighted by molar-refractivity contribution is -0.137. The zero-order chi connectivity index (χ0) is 9.94. The Labute approximate surface area is 70.5 Å². The topological polar surface area (TPSA) is 94.8 Å². The fourth-order valence-electron chi connectivity index (χ4n) is 0.752. The van der Waals surface area contributed by atoms with Gasteiger partial charge < -0.3 is 15.1 Å². The second-order valence-corrected chi connectivity index (χ2v) is 5.73. The van der Waals surface area contributed by atoms with Crippen LogP contribution in [-0.4, -0.2) is 32.6 Å². The quantitative estimate of drug-likeness (QED) is 0.567. The maximum atomic E-state index is 11.2. The number of carboxylic acids is 1. The molecule has 0 radical (unpaired) electrons. The molecule has 3 unspecified atom stereocenters. The smallest absolute Gasteiger partial charge is 0.304 e. The fourth-order valence-corrected chi connectivity index (χ4v) is 1.91. The number of rotatable bonds is 4. The normalized spacial score (nSPS) is 21.0. The zero-order valence-electron chi connectivity index (χ0n) is 6.97. The first kappa shape index (κ1) is 11.6. The van der Waals surface area contributed by atoms with E-state index in [-0.39, 0.29) is 0 Å². The van der Waals surface area contributed by atoms with Crippen molar-refractivity contribution in [1.29, 1.82) is 0 Å². The molecule has 72 valence electrons. The fraction of sp³-hybridized carbons (Fsp3) is 0.833. The third-order valence-electron chi connectivity index (χ3n) is 1.64. The van der Waals surface area contributed by atoms with Gasteiger partial charge in [-0.25, -0.2) is 0 Å². The molecule has 0 spiro atoms. The van der Waals surface area contributed by atoms with Gasteiger partial charge in [0.05, 0.1) is 6.42 Å². The van der Waals surface area contributed by atoms with E-state index in [0.717, 1.165) is 0 Å². The molecule has 0 aromatic heterocycles. The number of hydrogen-bond acceptors (Lipinski definition) is 3. The molecule has 0 rings (SSSR count). The molecule has 0 aromatic rings. The second kappa shape index (κ2) is 4.03. The third kappa shape index (κ3) is 2.93. The van der Waals surface area contributed by atoms with Crippen LogP contribution in [0.5, 0.6) is 0 Å². The number of hydrogen-bond donors (Lipinski definition) is 3. The maximum absolute atomic E-state index is 11.2. The first-order valence-electron chi connectivity index (χ1n) is 3.50. The Hall–Kier alpha value is -0.380. The van der Waals surface area contributed by atoms with Crippen LogP contribution < -0.4 is 0 Å². The van der Waals surface area contributed by atoms with Crippen molar-refractivity contribution in [3.8, 4) is 0 Å². The summed E-state index contributed by atoms with van der Waals surface area (Å²) in [6.07, 6.45) is -0.404. The minimum atomic E-state index is -3.73. The lowest BCUT2D eigenvalue weighted by Gasteiger charge is -2.19. The summed E-state index contributed by atoms with van der Waals surface area (Å²) in [6, 6.07) is 0. The molecule has 0 aromatic carbocycles. The first-order valence-corrected chi connectivity index (χ1v) is 5.30. The van der Waals surface area contributed by atoms with E-state index in [0.29, 0.717) is 0 Å². The van der Waals surface area contributed by atoms with Gasteiger partial charge in [-0.15, -0.1) is 0 Å². The Balaban J connectivity index is 4.36. The lowest BCUT2D eigenvalue weighted by atomic mass is 10.3. The summed E-state index contributed by atoms with van der Waals surface area (Å²) < 4.78 is 11.2. The zero-order valence-corrected chi connectivity index (χ0v) is 7.86. The second-order valence-electron chi connectivity index (χ2n) is 2.75. The number of carbonyl (C=O) groups is 1. The van der Waals surface area contributed by atoms with Crippen LogP contribution in [0.1, 0.15) is 20.3 Å². The lowest BCUT2D eigenvalue weighted by Crippen LogP contribution is -2.16. The van der Waals surface area contributed by atoms with E-state index in [1.165, 1.54) is 13.8 Å². The average Bonchev–Trinajstić information content (AvgIpc) is 1.85. The molecule has 0 saturated carbocycles. The van der Waals surface area contributed by atoms with Gasteiger partial charge >= 0.3 is 5.97 Å². The van der Waals surface area contributed by atoms with Crippen molar-refractivity contribution in [2.24, 2.45) is 0 Å². The molecule has 0 saturated heterocycles. The van der Waals surface area contributed by atoms with Crippen LogP contribution >= 0.6 is 7.37 Å². The largest absolute Gasteiger partial charge is 0.481 e. The molecule has 0 amide bonds. The van der Waals surface area contributed by atoms with E-state index < -0.39 is 31.3 Å². The Morgan fingerprint density at radius 3 is 2.17 bits per heavy atom. The van der Waals surface area contributed by atoms with Crippen LogP contribution in [0.15, 0.2) is 0 Å². The monoisotopic (exact) mass is 196 g/mol. The van der Waals surface area contributed by atoms with Crippen molar-refractivity contribution in [3.63, 3.8) is 0 Å². The van der Waals surface area contributed by atoms with E-state index in [1.54, 1.807) is 0 Å². The Bertz CT molecular complexity index is 212. The number of aliphatic hydroxyl groups excluding tert-OH is 1. The Morgan fingerprint density at radius 2 is 1.92 bits per heavy atom. The van der Waals surface area contributed by atoms with Crippen LogP contribution in [0.25, 0.3) is 0 Å². The van der Waals surface area contributed by atoms with Crippen molar-refractivity contribution in [2.45, 2.75) is 31.8 Å². The molecule has 0 aliphatic heterocycles. The summed E-state index contributed by atoms with van der Waals surface area (Å²) >= 11 is 0. The van der Waals surface area contributed by atoms with Crippen molar-refractivity contribution >= 4 is 13.3 Å². The highest BCUT2D eigenvalue weighted by Crippen LogP contribution is 2.50. The predicted octanol–water partition coefficient (Wildman–Crippen LogP) is 0.458. The number of carboxylic acid groups (broad SMARTS) is 1. The van der Waals surface area contributed by atoms with E-state index >= 15 is 0 Å². The summed E-state index contributed by atoms with van der Waals surface area (Å²) in [6.45, 7) is 2.51. The molecular formula is C6H13O5P. The molecule has 5 nitrogen and oxygen atoms in total. The summed E-state index contributed by atoms with van der Waals surface area (Å²) in [7, 11) is -3.73. The minimum Gasteiger partial charge on any atom is -0.481 e. The molecule has 12 heavy (non-hydrogen) atoms. The van der Waals surface area contributed by atoms with Crippen LogP contribution in [0.3, 0.4) is 0 Å². The van der Waals surface area contributed by atoms with Crippen molar-refractivity contribution in [2.75, 3.05) is 0 Å². The van der Waals surface area contributed by atoms with E-state index in [2.05, 4.69) is 0 Å². The molecule has 0 heterocycles. The summed E-state index contributed by atoms with van der Waals surface area (Å²) in [5.74, 6) is -2.51.